The molecule has 2 heterocycles. The second-order valence-corrected chi connectivity index (χ2v) is 19.9. The van der Waals surface area contributed by atoms with Crippen molar-refractivity contribution in [2.45, 2.75) is 107 Å². The van der Waals surface area contributed by atoms with Crippen molar-refractivity contribution in [1.29, 1.82) is 0 Å². The molecule has 2 fully saturated rings. The van der Waals surface area contributed by atoms with Crippen LogP contribution in [-0.4, -0.2) is 55.3 Å². The maximum atomic E-state index is 11.6. The summed E-state index contributed by atoms with van der Waals surface area (Å²) in [6.45, 7) is 19.3. The standard InChI is InChI=1S/C18H36O5SeSi2/c1-11(2)25(12(3)4)21-16-10-24-18(20-15(9)19)17(16)22-26(23-25,13(5)6)14(7)8/h11-14,16-18H,10H2,1-9H3/t16-,17+,18?/m0/s1. The molecule has 0 aliphatic carbocycles. The average Bonchev–Trinajstić information content (AvgIpc) is 2.77. The normalized spacial score (nSPS) is 30.7. The molecule has 0 saturated carbocycles. The van der Waals surface area contributed by atoms with Crippen LogP contribution in [0, 0.1) is 0 Å². The van der Waals surface area contributed by atoms with Gasteiger partial charge in [0.15, 0.2) is 0 Å². The van der Waals surface area contributed by atoms with Crippen LogP contribution in [0.15, 0.2) is 0 Å². The molecule has 3 atom stereocenters. The van der Waals surface area contributed by atoms with Gasteiger partial charge in [0.2, 0.25) is 0 Å². The molecule has 0 aromatic heterocycles. The van der Waals surface area contributed by atoms with Gasteiger partial charge in [0.05, 0.1) is 0 Å². The molecule has 1 unspecified atom stereocenters. The molecular weight excluding hydrogens is 431 g/mol. The van der Waals surface area contributed by atoms with Crippen LogP contribution in [0.4, 0.5) is 0 Å². The van der Waals surface area contributed by atoms with Crippen molar-refractivity contribution < 1.29 is 22.5 Å². The van der Waals surface area contributed by atoms with E-state index in [1.807, 2.05) is 0 Å². The van der Waals surface area contributed by atoms with E-state index in [1.165, 1.54) is 6.92 Å². The van der Waals surface area contributed by atoms with Crippen LogP contribution in [-0.2, 0) is 22.5 Å². The van der Waals surface area contributed by atoms with Gasteiger partial charge < -0.3 is 0 Å². The SMILES string of the molecule is CC(=O)OC1[Se]C[C@@H]2O[Si](C(C)C)(C(C)C)O[Si](C(C)C)(C(C)C)O[C@@H]12. The van der Waals surface area contributed by atoms with E-state index in [1.54, 1.807) is 0 Å². The summed E-state index contributed by atoms with van der Waals surface area (Å²) < 4.78 is 26.5. The van der Waals surface area contributed by atoms with E-state index in [-0.39, 0.29) is 38.1 Å². The molecule has 0 N–H and O–H groups in total. The summed E-state index contributed by atoms with van der Waals surface area (Å²) in [6, 6.07) is 0. The number of carbonyl (C=O) groups excluding carboxylic acids is 1. The topological polar surface area (TPSA) is 54.0 Å². The third kappa shape index (κ3) is 4.02. The molecule has 5 nitrogen and oxygen atoms in total. The Labute approximate surface area is 167 Å². The summed E-state index contributed by atoms with van der Waals surface area (Å²) in [6.07, 6.45) is -0.190. The number of esters is 1. The molecular formula is C18H36O5SeSi2. The van der Waals surface area contributed by atoms with Crippen molar-refractivity contribution in [3.05, 3.63) is 0 Å². The maximum absolute atomic E-state index is 11.6. The summed E-state index contributed by atoms with van der Waals surface area (Å²) in [4.78, 5) is 11.6. The third-order valence-corrected chi connectivity index (χ3v) is 18.4. The minimum absolute atomic E-state index is 0.0114. The Morgan fingerprint density at radius 1 is 0.923 bits per heavy atom. The molecule has 0 amide bonds. The van der Waals surface area contributed by atoms with Gasteiger partial charge >= 0.3 is 168 Å². The fraction of sp³-hybridized carbons (Fsp3) is 0.944. The van der Waals surface area contributed by atoms with Gasteiger partial charge in [0.1, 0.15) is 0 Å². The predicted molar refractivity (Wildman–Crippen MR) is 109 cm³/mol. The summed E-state index contributed by atoms with van der Waals surface area (Å²) in [7, 11) is -5.07. The van der Waals surface area contributed by atoms with Crippen molar-refractivity contribution in [2.75, 3.05) is 0 Å². The van der Waals surface area contributed by atoms with Gasteiger partial charge in [0, 0.05) is 0 Å². The van der Waals surface area contributed by atoms with Crippen LogP contribution in [0.25, 0.3) is 0 Å². The second kappa shape index (κ2) is 8.35. The van der Waals surface area contributed by atoms with Gasteiger partial charge in [-0.05, 0) is 0 Å². The van der Waals surface area contributed by atoms with Gasteiger partial charge in [-0.15, -0.1) is 0 Å². The second-order valence-electron chi connectivity index (χ2n) is 8.71. The van der Waals surface area contributed by atoms with E-state index in [0.717, 1.165) is 5.32 Å². The van der Waals surface area contributed by atoms with Crippen LogP contribution >= 0.6 is 0 Å². The van der Waals surface area contributed by atoms with Crippen molar-refractivity contribution in [3.63, 3.8) is 0 Å². The zero-order valence-electron chi connectivity index (χ0n) is 17.7. The van der Waals surface area contributed by atoms with Gasteiger partial charge in [-0.25, -0.2) is 0 Å². The molecule has 0 aromatic carbocycles. The zero-order chi connectivity index (χ0) is 19.9. The number of carbonyl (C=O) groups is 1. The summed E-state index contributed by atoms with van der Waals surface area (Å²) in [5, 5.41) is 0.760. The number of fused-ring (bicyclic) bond motifs is 1. The van der Waals surface area contributed by atoms with Crippen LogP contribution in [0.2, 0.25) is 27.5 Å². The zero-order valence-corrected chi connectivity index (χ0v) is 21.4. The van der Waals surface area contributed by atoms with Crippen molar-refractivity contribution in [2.24, 2.45) is 0 Å². The molecule has 2 aliphatic heterocycles. The summed E-state index contributed by atoms with van der Waals surface area (Å²) in [5.41, 5.74) is 1.30. The van der Waals surface area contributed by atoms with E-state index in [2.05, 4.69) is 55.4 Å². The minimum atomic E-state index is -2.57. The molecule has 2 saturated heterocycles. The number of hydrogen-bond donors (Lipinski definition) is 0. The van der Waals surface area contributed by atoms with Gasteiger partial charge in [-0.3, -0.25) is 0 Å². The van der Waals surface area contributed by atoms with E-state index >= 15 is 0 Å². The summed E-state index contributed by atoms with van der Waals surface area (Å²) >= 11 is 0.181. The first kappa shape index (κ1) is 22.6. The molecule has 0 spiro atoms. The van der Waals surface area contributed by atoms with Crippen LogP contribution in [0.5, 0.6) is 0 Å². The number of ether oxygens (including phenoxy) is 1. The Morgan fingerprint density at radius 3 is 1.81 bits per heavy atom. The quantitative estimate of drug-likeness (QED) is 0.445. The average molecular weight is 468 g/mol. The van der Waals surface area contributed by atoms with Gasteiger partial charge in [-0.1, -0.05) is 0 Å². The molecule has 152 valence electrons. The van der Waals surface area contributed by atoms with Crippen LogP contribution < -0.4 is 0 Å². The first-order valence-electron chi connectivity index (χ1n) is 9.80. The summed E-state index contributed by atoms with van der Waals surface area (Å²) in [5.74, 6) is -0.233. The van der Waals surface area contributed by atoms with E-state index in [9.17, 15) is 4.79 Å². The number of rotatable bonds is 5. The predicted octanol–water partition coefficient (Wildman–Crippen LogP) is 4.34. The fourth-order valence-corrected chi connectivity index (χ4v) is 18.6. The van der Waals surface area contributed by atoms with E-state index < -0.39 is 17.1 Å². The van der Waals surface area contributed by atoms with Crippen LogP contribution in [0.1, 0.15) is 62.3 Å². The molecule has 2 aliphatic rings. The van der Waals surface area contributed by atoms with E-state index in [4.69, 9.17) is 17.7 Å². The molecule has 0 aromatic rings. The first-order valence-corrected chi connectivity index (χ1v) is 15.9. The molecule has 26 heavy (non-hydrogen) atoms. The fourth-order valence-electron chi connectivity index (χ4n) is 4.15. The third-order valence-electron chi connectivity index (χ3n) is 5.54. The van der Waals surface area contributed by atoms with Crippen molar-refractivity contribution >= 4 is 38.0 Å². The number of hydrogen-bond acceptors (Lipinski definition) is 5. The Balaban J connectivity index is 2.53. The molecule has 8 heteroatoms. The Morgan fingerprint density at radius 2 is 1.38 bits per heavy atom. The van der Waals surface area contributed by atoms with Crippen LogP contribution in [0.3, 0.4) is 0 Å². The Bertz CT molecular complexity index is 496. The monoisotopic (exact) mass is 468 g/mol. The molecule has 0 radical (unpaired) electrons. The van der Waals surface area contributed by atoms with Crippen molar-refractivity contribution in [1.82, 2.24) is 0 Å². The van der Waals surface area contributed by atoms with Gasteiger partial charge in [-0.2, -0.15) is 0 Å². The Kier molecular flexibility index (Phi) is 7.26. The van der Waals surface area contributed by atoms with Crippen molar-refractivity contribution in [3.8, 4) is 0 Å². The molecule has 2 rings (SSSR count). The van der Waals surface area contributed by atoms with E-state index in [0.29, 0.717) is 22.2 Å². The first-order chi connectivity index (χ1) is 12.0. The van der Waals surface area contributed by atoms with Gasteiger partial charge in [0.25, 0.3) is 0 Å². The Hall–Kier alpha value is 0.303. The molecule has 0 bridgehead atoms.